The van der Waals surface area contributed by atoms with Crippen molar-refractivity contribution in [3.63, 3.8) is 0 Å². The second kappa shape index (κ2) is 13.6. The van der Waals surface area contributed by atoms with Crippen LogP contribution in [-0.2, 0) is 19.1 Å². The Labute approximate surface area is 246 Å². The Morgan fingerprint density at radius 3 is 2.45 bits per heavy atom. The first kappa shape index (κ1) is 30.7. The van der Waals surface area contributed by atoms with Gasteiger partial charge in [0.1, 0.15) is 18.1 Å². The van der Waals surface area contributed by atoms with E-state index in [2.05, 4.69) is 10.2 Å². The highest BCUT2D eigenvalue weighted by atomic mass is 16.5. The van der Waals surface area contributed by atoms with Crippen molar-refractivity contribution in [1.82, 2.24) is 25.1 Å². The number of ether oxygens (including phenoxy) is 1. The molecule has 224 valence electrons. The van der Waals surface area contributed by atoms with E-state index in [1.165, 1.54) is 11.9 Å². The number of amides is 2. The number of aryl methyl sites for hydroxylation is 1. The molecule has 3 aromatic rings. The molecular formula is C31H40N6O5. The van der Waals surface area contributed by atoms with Crippen LogP contribution in [0.4, 0.5) is 5.82 Å². The Morgan fingerprint density at radius 1 is 1.07 bits per heavy atom. The molecule has 0 bridgehead atoms. The Bertz CT molecular complexity index is 1440. The molecule has 11 nitrogen and oxygen atoms in total. The van der Waals surface area contributed by atoms with Gasteiger partial charge in [0.05, 0.1) is 17.6 Å². The van der Waals surface area contributed by atoms with E-state index in [0.29, 0.717) is 44.0 Å². The summed E-state index contributed by atoms with van der Waals surface area (Å²) >= 11 is 0. The van der Waals surface area contributed by atoms with Gasteiger partial charge in [0.25, 0.3) is 5.91 Å². The lowest BCUT2D eigenvalue weighted by molar-refractivity contribution is -0.163. The minimum absolute atomic E-state index is 0.106. The number of anilines is 1. The summed E-state index contributed by atoms with van der Waals surface area (Å²) in [7, 11) is 3.19. The van der Waals surface area contributed by atoms with E-state index in [1.807, 2.05) is 45.0 Å². The lowest BCUT2D eigenvalue weighted by Crippen LogP contribution is -2.53. The molecule has 0 unspecified atom stereocenters. The molecule has 1 fully saturated rings. The van der Waals surface area contributed by atoms with Crippen molar-refractivity contribution in [1.29, 1.82) is 0 Å². The number of rotatable bonds is 10. The number of carbonyl (C=O) groups is 3. The molecule has 0 spiro atoms. The van der Waals surface area contributed by atoms with Gasteiger partial charge in [0.15, 0.2) is 11.9 Å². The summed E-state index contributed by atoms with van der Waals surface area (Å²) in [5.74, 6) is 0.314. The predicted octanol–water partition coefficient (Wildman–Crippen LogP) is 2.60. The molecule has 1 aromatic heterocycles. The zero-order valence-corrected chi connectivity index (χ0v) is 25.0. The van der Waals surface area contributed by atoms with E-state index in [1.54, 1.807) is 30.1 Å². The summed E-state index contributed by atoms with van der Waals surface area (Å²) in [6.07, 6.45) is -0.536. The number of carbonyl (C=O) groups excluding carboxylic acids is 3. The fourth-order valence-corrected chi connectivity index (χ4v) is 4.98. The number of benzene rings is 2. The number of likely N-dealkylation sites (N-methyl/N-ethyl adjacent to an activating group) is 2. The number of nitrogens with one attached hydrogen (secondary N) is 1. The van der Waals surface area contributed by atoms with Crippen LogP contribution >= 0.6 is 0 Å². The number of esters is 1. The predicted molar refractivity (Wildman–Crippen MR) is 161 cm³/mol. The van der Waals surface area contributed by atoms with E-state index >= 15 is 0 Å². The molecule has 2 heterocycles. The lowest BCUT2D eigenvalue weighted by Gasteiger charge is -2.37. The quantitative estimate of drug-likeness (QED) is 0.350. The van der Waals surface area contributed by atoms with E-state index in [9.17, 15) is 19.5 Å². The van der Waals surface area contributed by atoms with Gasteiger partial charge in [-0.1, -0.05) is 32.0 Å². The van der Waals surface area contributed by atoms with Crippen LogP contribution in [0.15, 0.2) is 42.5 Å². The number of aromatic nitrogens is 2. The minimum atomic E-state index is -0.924. The summed E-state index contributed by atoms with van der Waals surface area (Å²) in [6.45, 7) is 7.73. The molecule has 42 heavy (non-hydrogen) atoms. The summed E-state index contributed by atoms with van der Waals surface area (Å²) in [5, 5.41) is 14.1. The highest BCUT2D eigenvalue weighted by molar-refractivity contribution is 5.92. The molecule has 1 aliphatic heterocycles. The average Bonchev–Trinajstić information content (AvgIpc) is 2.96. The SMILES string of the molecule is CNCC(=O)N(C)CC(=O)O[C@@H](CC(C)C)C(=O)N1CCN(c2nc(-c3ccccc3O)nc3cc(C)ccc23)CC1. The summed E-state index contributed by atoms with van der Waals surface area (Å²) in [4.78, 5) is 53.0. The fourth-order valence-electron chi connectivity index (χ4n) is 4.98. The second-order valence-electron chi connectivity index (χ2n) is 11.1. The first-order valence-corrected chi connectivity index (χ1v) is 14.3. The van der Waals surface area contributed by atoms with Crippen molar-refractivity contribution >= 4 is 34.5 Å². The number of nitrogens with zero attached hydrogens (tertiary/aromatic N) is 5. The Hall–Kier alpha value is -4.25. The number of piperazine rings is 1. The largest absolute Gasteiger partial charge is 0.507 e. The maximum absolute atomic E-state index is 13.5. The van der Waals surface area contributed by atoms with Crippen LogP contribution in [0, 0.1) is 12.8 Å². The molecule has 4 rings (SSSR count). The maximum Gasteiger partial charge on any atom is 0.326 e. The highest BCUT2D eigenvalue weighted by Gasteiger charge is 2.32. The molecular weight excluding hydrogens is 536 g/mol. The Kier molecular flexibility index (Phi) is 9.95. The minimum Gasteiger partial charge on any atom is -0.507 e. The van der Waals surface area contributed by atoms with Gasteiger partial charge in [-0.2, -0.15) is 0 Å². The number of aromatic hydroxyl groups is 1. The number of phenolic OH excluding ortho intramolecular Hbond substituents is 1. The Balaban J connectivity index is 1.50. The maximum atomic E-state index is 13.5. The van der Waals surface area contributed by atoms with E-state index < -0.39 is 12.1 Å². The van der Waals surface area contributed by atoms with Crippen molar-refractivity contribution in [3.05, 3.63) is 48.0 Å². The van der Waals surface area contributed by atoms with Gasteiger partial charge in [0, 0.05) is 38.6 Å². The number of para-hydroxylation sites is 1. The first-order valence-electron chi connectivity index (χ1n) is 14.3. The van der Waals surface area contributed by atoms with Crippen LogP contribution < -0.4 is 10.2 Å². The van der Waals surface area contributed by atoms with E-state index in [4.69, 9.17) is 14.7 Å². The fraction of sp³-hybridized carbons (Fsp3) is 0.452. The van der Waals surface area contributed by atoms with Crippen molar-refractivity contribution in [2.24, 2.45) is 5.92 Å². The van der Waals surface area contributed by atoms with Crippen molar-refractivity contribution in [2.75, 3.05) is 58.3 Å². The smallest absolute Gasteiger partial charge is 0.326 e. The third kappa shape index (κ3) is 7.33. The van der Waals surface area contributed by atoms with Gasteiger partial charge in [0.2, 0.25) is 5.91 Å². The molecule has 11 heteroatoms. The number of fused-ring (bicyclic) bond motifs is 1. The van der Waals surface area contributed by atoms with Crippen LogP contribution in [0.1, 0.15) is 25.8 Å². The molecule has 2 aromatic carbocycles. The molecule has 0 aliphatic carbocycles. The molecule has 2 amide bonds. The van der Waals surface area contributed by atoms with Gasteiger partial charge in [-0.05, 0) is 56.1 Å². The lowest BCUT2D eigenvalue weighted by atomic mass is 10.0. The van der Waals surface area contributed by atoms with Crippen LogP contribution in [0.5, 0.6) is 5.75 Å². The normalized spacial score (nSPS) is 14.2. The van der Waals surface area contributed by atoms with Gasteiger partial charge in [-0.3, -0.25) is 14.4 Å². The van der Waals surface area contributed by atoms with E-state index in [0.717, 1.165) is 22.3 Å². The second-order valence-corrected chi connectivity index (χ2v) is 11.1. The van der Waals surface area contributed by atoms with Crippen molar-refractivity contribution in [2.45, 2.75) is 33.3 Å². The molecule has 2 N–H and O–H groups in total. The highest BCUT2D eigenvalue weighted by Crippen LogP contribution is 2.32. The van der Waals surface area contributed by atoms with Crippen LogP contribution in [-0.4, -0.2) is 102 Å². The van der Waals surface area contributed by atoms with Gasteiger partial charge in [-0.25, -0.2) is 9.97 Å². The zero-order chi connectivity index (χ0) is 30.4. The Morgan fingerprint density at radius 2 is 1.79 bits per heavy atom. The van der Waals surface area contributed by atoms with Gasteiger partial charge in [-0.15, -0.1) is 0 Å². The summed E-state index contributed by atoms with van der Waals surface area (Å²) in [6, 6.07) is 13.0. The standard InChI is InChI=1S/C31H40N6O5/c1-20(2)16-26(42-28(40)19-35(5)27(39)18-32-4)31(41)37-14-12-36(13-15-37)30-22-11-10-21(3)17-24(22)33-29(34-30)23-8-6-7-9-25(23)38/h6-11,17,20,26,32,38H,12-16,18-19H2,1-5H3/t26-/m0/s1. The van der Waals surface area contributed by atoms with Crippen molar-refractivity contribution in [3.8, 4) is 17.1 Å². The van der Waals surface area contributed by atoms with Crippen LogP contribution in [0.3, 0.4) is 0 Å². The van der Waals surface area contributed by atoms with E-state index in [-0.39, 0.29) is 36.6 Å². The zero-order valence-electron chi connectivity index (χ0n) is 25.0. The molecule has 0 saturated carbocycles. The van der Waals surface area contributed by atoms with Crippen molar-refractivity contribution < 1.29 is 24.2 Å². The monoisotopic (exact) mass is 576 g/mol. The number of phenols is 1. The van der Waals surface area contributed by atoms with Gasteiger partial charge < -0.3 is 29.9 Å². The topological polar surface area (TPSA) is 128 Å². The molecule has 1 saturated heterocycles. The van der Waals surface area contributed by atoms with Gasteiger partial charge >= 0.3 is 5.97 Å². The number of hydrogen-bond acceptors (Lipinski definition) is 9. The van der Waals surface area contributed by atoms with Crippen LogP contribution in [0.25, 0.3) is 22.3 Å². The number of hydrogen-bond donors (Lipinski definition) is 2. The first-order chi connectivity index (χ1) is 20.1. The molecule has 1 atom stereocenters. The third-order valence-electron chi connectivity index (χ3n) is 7.22. The van der Waals surface area contributed by atoms with Crippen LogP contribution in [0.2, 0.25) is 0 Å². The third-order valence-corrected chi connectivity index (χ3v) is 7.22. The molecule has 1 aliphatic rings. The average molecular weight is 577 g/mol. The summed E-state index contributed by atoms with van der Waals surface area (Å²) < 4.78 is 5.63. The molecule has 0 radical (unpaired) electrons. The summed E-state index contributed by atoms with van der Waals surface area (Å²) in [5.41, 5.74) is 2.39.